The summed E-state index contributed by atoms with van der Waals surface area (Å²) in [4.78, 5) is 23.3. The summed E-state index contributed by atoms with van der Waals surface area (Å²) in [5.41, 5.74) is 0. The second kappa shape index (κ2) is 4.77. The van der Waals surface area contributed by atoms with Crippen molar-refractivity contribution in [2.75, 3.05) is 13.1 Å². The molecule has 1 saturated heterocycles. The fourth-order valence-corrected chi connectivity index (χ4v) is 2.06. The Kier molecular flexibility index (Phi) is 3.33. The van der Waals surface area contributed by atoms with Crippen LogP contribution in [0.5, 0.6) is 0 Å². The van der Waals surface area contributed by atoms with Crippen molar-refractivity contribution in [3.63, 3.8) is 0 Å². The number of nitro groups is 1. The molecule has 0 spiro atoms. The van der Waals surface area contributed by atoms with E-state index in [-0.39, 0.29) is 17.6 Å². The number of aliphatic hydroxyl groups excluding tert-OH is 1. The van der Waals surface area contributed by atoms with Crippen molar-refractivity contribution < 1.29 is 19.2 Å². The molecule has 0 aromatic carbocycles. The van der Waals surface area contributed by atoms with Gasteiger partial charge in [-0.2, -0.15) is 0 Å². The predicted molar refractivity (Wildman–Crippen MR) is 61.1 cm³/mol. The maximum atomic E-state index is 12.0. The highest BCUT2D eigenvalue weighted by Crippen LogP contribution is 2.23. The third kappa shape index (κ3) is 2.35. The SMILES string of the molecule is CC(O)C1CCN(C(=O)c2ccc([N+](=O)[O-])o2)C1. The minimum atomic E-state index is -0.681. The Balaban J connectivity index is 2.05. The first kappa shape index (κ1) is 12.6. The Morgan fingerprint density at radius 1 is 1.67 bits per heavy atom. The van der Waals surface area contributed by atoms with Crippen LogP contribution in [0, 0.1) is 16.0 Å². The average molecular weight is 254 g/mol. The Morgan fingerprint density at radius 3 is 2.89 bits per heavy atom. The molecule has 0 aliphatic carbocycles. The van der Waals surface area contributed by atoms with Crippen molar-refractivity contribution in [3.8, 4) is 0 Å². The molecule has 2 atom stereocenters. The first-order chi connectivity index (χ1) is 8.49. The van der Waals surface area contributed by atoms with Crippen molar-refractivity contribution >= 4 is 11.8 Å². The number of amides is 1. The van der Waals surface area contributed by atoms with E-state index in [4.69, 9.17) is 4.42 Å². The second-order valence-electron chi connectivity index (χ2n) is 4.44. The summed E-state index contributed by atoms with van der Waals surface area (Å²) in [5, 5.41) is 19.9. The molecule has 1 N–H and O–H groups in total. The molecule has 0 radical (unpaired) electrons. The standard InChI is InChI=1S/C11H14N2O5/c1-7(14)8-4-5-12(6-8)11(15)9-2-3-10(18-9)13(16)17/h2-3,7-8,14H,4-6H2,1H3. The van der Waals surface area contributed by atoms with E-state index < -0.39 is 16.9 Å². The Hall–Kier alpha value is -1.89. The molecule has 2 rings (SSSR count). The van der Waals surface area contributed by atoms with Crippen LogP contribution in [0.3, 0.4) is 0 Å². The fourth-order valence-electron chi connectivity index (χ4n) is 2.06. The van der Waals surface area contributed by atoms with Crippen LogP contribution in [-0.2, 0) is 0 Å². The van der Waals surface area contributed by atoms with Gasteiger partial charge in [-0.25, -0.2) is 0 Å². The smallest absolute Gasteiger partial charge is 0.395 e. The van der Waals surface area contributed by atoms with Crippen LogP contribution in [0.15, 0.2) is 16.5 Å². The lowest BCUT2D eigenvalue weighted by Gasteiger charge is -2.16. The van der Waals surface area contributed by atoms with Gasteiger partial charge < -0.3 is 14.4 Å². The fraction of sp³-hybridized carbons (Fsp3) is 0.545. The number of carbonyl (C=O) groups excluding carboxylic acids is 1. The summed E-state index contributed by atoms with van der Waals surface area (Å²) in [6.07, 6.45) is 0.264. The molecule has 0 saturated carbocycles. The highest BCUT2D eigenvalue weighted by molar-refractivity contribution is 5.91. The summed E-state index contributed by atoms with van der Waals surface area (Å²) < 4.78 is 4.86. The molecular weight excluding hydrogens is 240 g/mol. The molecular formula is C11H14N2O5. The van der Waals surface area contributed by atoms with Crippen LogP contribution >= 0.6 is 0 Å². The van der Waals surface area contributed by atoms with E-state index >= 15 is 0 Å². The van der Waals surface area contributed by atoms with Crippen LogP contribution in [0.25, 0.3) is 0 Å². The maximum absolute atomic E-state index is 12.0. The van der Waals surface area contributed by atoms with E-state index in [1.54, 1.807) is 11.8 Å². The summed E-state index contributed by atoms with van der Waals surface area (Å²) >= 11 is 0. The van der Waals surface area contributed by atoms with Crippen LogP contribution in [0.1, 0.15) is 23.9 Å². The summed E-state index contributed by atoms with van der Waals surface area (Å²) in [7, 11) is 0. The van der Waals surface area contributed by atoms with E-state index in [1.807, 2.05) is 0 Å². The van der Waals surface area contributed by atoms with Gasteiger partial charge in [0.05, 0.1) is 12.2 Å². The quantitative estimate of drug-likeness (QED) is 0.641. The molecule has 0 bridgehead atoms. The van der Waals surface area contributed by atoms with Crippen LogP contribution in [-0.4, -0.2) is 40.0 Å². The largest absolute Gasteiger partial charge is 0.433 e. The second-order valence-corrected chi connectivity index (χ2v) is 4.44. The zero-order valence-electron chi connectivity index (χ0n) is 9.91. The minimum absolute atomic E-state index is 0.0343. The molecule has 1 aromatic rings. The van der Waals surface area contributed by atoms with E-state index in [0.29, 0.717) is 13.1 Å². The van der Waals surface area contributed by atoms with Gasteiger partial charge in [-0.05, 0) is 19.4 Å². The lowest BCUT2D eigenvalue weighted by Crippen LogP contribution is -2.30. The number of aliphatic hydroxyl groups is 1. The van der Waals surface area contributed by atoms with Gasteiger partial charge in [0.25, 0.3) is 5.91 Å². The third-order valence-corrected chi connectivity index (χ3v) is 3.18. The summed E-state index contributed by atoms with van der Waals surface area (Å²) in [5.74, 6) is -0.789. The van der Waals surface area contributed by atoms with E-state index in [9.17, 15) is 20.0 Å². The number of nitrogens with zero attached hydrogens (tertiary/aromatic N) is 2. The summed E-state index contributed by atoms with van der Waals surface area (Å²) in [6.45, 7) is 2.67. The van der Waals surface area contributed by atoms with E-state index in [0.717, 1.165) is 12.5 Å². The normalized spacial score (nSPS) is 21.0. The molecule has 1 aromatic heterocycles. The Labute approximate surface area is 103 Å². The third-order valence-electron chi connectivity index (χ3n) is 3.18. The molecule has 1 aliphatic heterocycles. The van der Waals surface area contributed by atoms with Gasteiger partial charge in [-0.1, -0.05) is 0 Å². The molecule has 1 aliphatic rings. The number of carbonyl (C=O) groups is 1. The van der Waals surface area contributed by atoms with Crippen LogP contribution in [0.4, 0.5) is 5.88 Å². The number of furan rings is 1. The first-order valence-electron chi connectivity index (χ1n) is 5.70. The molecule has 2 unspecified atom stereocenters. The number of hydrogen-bond acceptors (Lipinski definition) is 5. The van der Waals surface area contributed by atoms with Gasteiger partial charge in [-0.15, -0.1) is 0 Å². The number of rotatable bonds is 3. The predicted octanol–water partition coefficient (Wildman–Crippen LogP) is 1.03. The molecule has 1 fully saturated rings. The first-order valence-corrected chi connectivity index (χ1v) is 5.70. The molecule has 2 heterocycles. The van der Waals surface area contributed by atoms with Crippen LogP contribution < -0.4 is 0 Å². The minimum Gasteiger partial charge on any atom is -0.395 e. The van der Waals surface area contributed by atoms with E-state index in [1.165, 1.54) is 6.07 Å². The van der Waals surface area contributed by atoms with Crippen molar-refractivity contribution in [2.24, 2.45) is 5.92 Å². The highest BCUT2D eigenvalue weighted by Gasteiger charge is 2.31. The van der Waals surface area contributed by atoms with Gasteiger partial charge >= 0.3 is 5.88 Å². The van der Waals surface area contributed by atoms with Gasteiger partial charge in [0.1, 0.15) is 4.92 Å². The Morgan fingerprint density at radius 2 is 2.39 bits per heavy atom. The van der Waals surface area contributed by atoms with Crippen molar-refractivity contribution in [3.05, 3.63) is 28.0 Å². The van der Waals surface area contributed by atoms with E-state index in [2.05, 4.69) is 0 Å². The average Bonchev–Trinajstić information content (AvgIpc) is 2.97. The van der Waals surface area contributed by atoms with Gasteiger partial charge in [0.15, 0.2) is 5.76 Å². The monoisotopic (exact) mass is 254 g/mol. The zero-order valence-corrected chi connectivity index (χ0v) is 9.91. The topological polar surface area (TPSA) is 96.8 Å². The maximum Gasteiger partial charge on any atom is 0.433 e. The van der Waals surface area contributed by atoms with Crippen molar-refractivity contribution in [2.45, 2.75) is 19.4 Å². The highest BCUT2D eigenvalue weighted by atomic mass is 16.6. The molecule has 7 nitrogen and oxygen atoms in total. The molecule has 98 valence electrons. The van der Waals surface area contributed by atoms with Gasteiger partial charge in [-0.3, -0.25) is 14.9 Å². The lowest BCUT2D eigenvalue weighted by atomic mass is 10.0. The zero-order chi connectivity index (χ0) is 13.3. The molecule has 7 heteroatoms. The number of hydrogen-bond donors (Lipinski definition) is 1. The summed E-state index contributed by atoms with van der Waals surface area (Å²) in [6, 6.07) is 2.46. The van der Waals surface area contributed by atoms with Crippen molar-refractivity contribution in [1.82, 2.24) is 4.90 Å². The molecule has 1 amide bonds. The van der Waals surface area contributed by atoms with Gasteiger partial charge in [0.2, 0.25) is 0 Å². The Bertz CT molecular complexity index is 468. The number of likely N-dealkylation sites (tertiary alicyclic amines) is 1. The molecule has 18 heavy (non-hydrogen) atoms. The van der Waals surface area contributed by atoms with Gasteiger partial charge in [0, 0.05) is 19.0 Å². The lowest BCUT2D eigenvalue weighted by molar-refractivity contribution is -0.402. The van der Waals surface area contributed by atoms with Crippen molar-refractivity contribution in [1.29, 1.82) is 0 Å². The van der Waals surface area contributed by atoms with Crippen LogP contribution in [0.2, 0.25) is 0 Å².